The maximum absolute atomic E-state index is 14.1. The molecule has 0 saturated carbocycles. The van der Waals surface area contributed by atoms with Gasteiger partial charge in [-0.3, -0.25) is 23.7 Å². The maximum atomic E-state index is 14.1. The molecule has 0 N–H and O–H groups in total. The number of aromatic nitrogens is 1. The lowest BCUT2D eigenvalue weighted by molar-refractivity contribution is -0.139. The summed E-state index contributed by atoms with van der Waals surface area (Å²) in [5, 5.41) is 0. The van der Waals surface area contributed by atoms with E-state index in [0.29, 0.717) is 28.3 Å². The molecule has 0 fully saturated rings. The number of hydrogen-bond donors (Lipinski definition) is 0. The summed E-state index contributed by atoms with van der Waals surface area (Å²) in [5.74, 6) is -1.88. The number of rotatable bonds is 4. The number of imide groups is 1. The van der Waals surface area contributed by atoms with Crippen LogP contribution in [-0.2, 0) is 23.9 Å². The van der Waals surface area contributed by atoms with E-state index < -0.39 is 35.4 Å². The summed E-state index contributed by atoms with van der Waals surface area (Å²) in [6, 6.07) is 12.3. The van der Waals surface area contributed by atoms with E-state index in [2.05, 4.69) is 4.99 Å². The van der Waals surface area contributed by atoms with E-state index in [0.717, 1.165) is 16.2 Å². The molecule has 1 atom stereocenters. The van der Waals surface area contributed by atoms with Gasteiger partial charge in [0.15, 0.2) is 4.80 Å². The van der Waals surface area contributed by atoms with Crippen LogP contribution in [0.5, 0.6) is 5.75 Å². The Kier molecular flexibility index (Phi) is 6.61. The molecular formula is C28H23N3O7S. The fourth-order valence-corrected chi connectivity index (χ4v) is 5.93. The number of esters is 2. The van der Waals surface area contributed by atoms with Crippen molar-refractivity contribution in [1.82, 2.24) is 4.57 Å². The van der Waals surface area contributed by atoms with Crippen LogP contribution in [-0.4, -0.2) is 34.9 Å². The van der Waals surface area contributed by atoms with Crippen LogP contribution in [0.25, 0.3) is 5.57 Å². The van der Waals surface area contributed by atoms with Gasteiger partial charge in [0.25, 0.3) is 11.5 Å². The Morgan fingerprint density at radius 2 is 1.72 bits per heavy atom. The van der Waals surface area contributed by atoms with E-state index in [4.69, 9.17) is 9.47 Å². The number of carbonyl (C=O) groups excluding carboxylic acids is 4. The summed E-state index contributed by atoms with van der Waals surface area (Å²) in [5.41, 5.74) is 1.51. The van der Waals surface area contributed by atoms with E-state index in [1.54, 1.807) is 62.4 Å². The molecule has 3 heterocycles. The second-order valence-corrected chi connectivity index (χ2v) is 9.81. The highest BCUT2D eigenvalue weighted by atomic mass is 32.1. The molecule has 39 heavy (non-hydrogen) atoms. The maximum Gasteiger partial charge on any atom is 0.338 e. The number of thiazole rings is 1. The standard InChI is InChI=1S/C28H23N3O7S/c1-5-37-27(36)21-14(2)29-28-31(23(21)17-10-12-18(13-11-17)38-16(4)33)26(35)24(39-28)22-19-8-6-7-9-20(19)30(15(3)32)25(22)34/h6-13,23H,5H2,1-4H3/b24-22+/t23-/m1/s1. The lowest BCUT2D eigenvalue weighted by atomic mass is 9.96. The summed E-state index contributed by atoms with van der Waals surface area (Å²) in [7, 11) is 0. The minimum Gasteiger partial charge on any atom is -0.463 e. The van der Waals surface area contributed by atoms with Crippen LogP contribution in [0, 0.1) is 0 Å². The van der Waals surface area contributed by atoms with Gasteiger partial charge in [-0.05, 0) is 37.6 Å². The Balaban J connectivity index is 1.78. The first-order valence-electron chi connectivity index (χ1n) is 12.1. The van der Waals surface area contributed by atoms with Crippen LogP contribution in [0.4, 0.5) is 5.69 Å². The SMILES string of the molecule is CCOC(=O)C1=C(C)N=c2s/c(=C3/C(=O)N(C(C)=O)c4ccccc43)c(=O)n2[C@@H]1c1ccc(OC(C)=O)cc1. The van der Waals surface area contributed by atoms with Crippen molar-refractivity contribution in [3.05, 3.63) is 90.6 Å². The normalized spacial score (nSPS) is 17.4. The molecule has 2 amide bonds. The molecule has 0 spiro atoms. The first kappa shape index (κ1) is 26.0. The fourth-order valence-electron chi connectivity index (χ4n) is 4.79. The zero-order valence-electron chi connectivity index (χ0n) is 21.5. The summed E-state index contributed by atoms with van der Waals surface area (Å²) in [6.45, 7) is 6.02. The van der Waals surface area contributed by atoms with Crippen molar-refractivity contribution in [3.63, 3.8) is 0 Å². The van der Waals surface area contributed by atoms with E-state index in [1.165, 1.54) is 18.4 Å². The Morgan fingerprint density at radius 3 is 2.36 bits per heavy atom. The van der Waals surface area contributed by atoms with Crippen LogP contribution in [0.15, 0.2) is 69.6 Å². The molecule has 2 aliphatic heterocycles. The average Bonchev–Trinajstić information content (AvgIpc) is 3.35. The molecule has 0 radical (unpaired) electrons. The molecule has 10 nitrogen and oxygen atoms in total. The minimum atomic E-state index is -0.920. The number of amides is 2. The summed E-state index contributed by atoms with van der Waals surface area (Å²) >= 11 is 1.01. The van der Waals surface area contributed by atoms with Gasteiger partial charge in [0, 0.05) is 19.4 Å². The second-order valence-electron chi connectivity index (χ2n) is 8.84. The van der Waals surface area contributed by atoms with E-state index in [9.17, 15) is 24.0 Å². The van der Waals surface area contributed by atoms with Crippen LogP contribution in [0.2, 0.25) is 0 Å². The number of hydrogen-bond acceptors (Lipinski definition) is 9. The Morgan fingerprint density at radius 1 is 1.03 bits per heavy atom. The predicted molar refractivity (Wildman–Crippen MR) is 142 cm³/mol. The van der Waals surface area contributed by atoms with Crippen molar-refractivity contribution in [2.45, 2.75) is 33.7 Å². The van der Waals surface area contributed by atoms with Crippen LogP contribution in [0.3, 0.4) is 0 Å². The van der Waals surface area contributed by atoms with Gasteiger partial charge in [-0.25, -0.2) is 14.7 Å². The number of allylic oxidation sites excluding steroid dienone is 1. The van der Waals surface area contributed by atoms with Crippen molar-refractivity contribution in [2.24, 2.45) is 4.99 Å². The van der Waals surface area contributed by atoms with Gasteiger partial charge in [0.2, 0.25) is 5.91 Å². The number of carbonyl (C=O) groups is 4. The third-order valence-electron chi connectivity index (χ3n) is 6.32. The average molecular weight is 546 g/mol. The van der Waals surface area contributed by atoms with Crippen molar-refractivity contribution in [2.75, 3.05) is 11.5 Å². The van der Waals surface area contributed by atoms with Gasteiger partial charge in [-0.15, -0.1) is 0 Å². The van der Waals surface area contributed by atoms with Gasteiger partial charge in [0.05, 0.1) is 35.2 Å². The summed E-state index contributed by atoms with van der Waals surface area (Å²) < 4.78 is 11.9. The third kappa shape index (κ3) is 4.30. The molecule has 0 unspecified atom stereocenters. The molecule has 5 rings (SSSR count). The Labute approximate surface area is 226 Å². The van der Waals surface area contributed by atoms with E-state index >= 15 is 0 Å². The monoisotopic (exact) mass is 545 g/mol. The highest BCUT2D eigenvalue weighted by molar-refractivity contribution is 7.07. The van der Waals surface area contributed by atoms with Gasteiger partial charge >= 0.3 is 11.9 Å². The molecule has 0 bridgehead atoms. The quantitative estimate of drug-likeness (QED) is 0.363. The number of anilines is 1. The van der Waals surface area contributed by atoms with Crippen LogP contribution in [0.1, 0.15) is 44.9 Å². The second kappa shape index (κ2) is 9.91. The molecule has 3 aromatic rings. The van der Waals surface area contributed by atoms with Crippen molar-refractivity contribution in [3.8, 4) is 5.75 Å². The van der Waals surface area contributed by atoms with Gasteiger partial charge in [0.1, 0.15) is 10.3 Å². The smallest absolute Gasteiger partial charge is 0.338 e. The largest absolute Gasteiger partial charge is 0.463 e. The van der Waals surface area contributed by atoms with Crippen molar-refractivity contribution < 1.29 is 28.7 Å². The molecule has 0 aliphatic carbocycles. The molecule has 1 aromatic heterocycles. The van der Waals surface area contributed by atoms with Crippen molar-refractivity contribution >= 4 is 46.4 Å². The van der Waals surface area contributed by atoms with E-state index in [1.807, 2.05) is 0 Å². The molecule has 0 saturated heterocycles. The first-order chi connectivity index (χ1) is 18.6. The third-order valence-corrected chi connectivity index (χ3v) is 7.38. The number of fused-ring (bicyclic) bond motifs is 2. The van der Waals surface area contributed by atoms with Crippen molar-refractivity contribution in [1.29, 1.82) is 0 Å². The lowest BCUT2D eigenvalue weighted by Gasteiger charge is -2.24. The molecule has 11 heteroatoms. The van der Waals surface area contributed by atoms with Gasteiger partial charge in [-0.2, -0.15) is 0 Å². The van der Waals surface area contributed by atoms with Gasteiger partial charge in [-0.1, -0.05) is 41.7 Å². The summed E-state index contributed by atoms with van der Waals surface area (Å²) in [6.07, 6.45) is 0. The molecule has 2 aromatic carbocycles. The topological polar surface area (TPSA) is 124 Å². The Hall–Kier alpha value is -4.64. The highest BCUT2D eigenvalue weighted by Crippen LogP contribution is 2.36. The summed E-state index contributed by atoms with van der Waals surface area (Å²) in [4.78, 5) is 70.2. The number of nitrogens with zero attached hydrogens (tertiary/aromatic N) is 3. The minimum absolute atomic E-state index is 0.104. The zero-order chi connectivity index (χ0) is 28.0. The molecule has 198 valence electrons. The van der Waals surface area contributed by atoms with E-state index in [-0.39, 0.29) is 27.1 Å². The Bertz CT molecular complexity index is 1780. The fraction of sp³-hybridized carbons (Fsp3) is 0.214. The number of ether oxygens (including phenoxy) is 2. The molecule has 2 aliphatic rings. The zero-order valence-corrected chi connectivity index (χ0v) is 22.3. The number of benzene rings is 2. The molecular weight excluding hydrogens is 522 g/mol. The predicted octanol–water partition coefficient (Wildman–Crippen LogP) is 1.99. The van der Waals surface area contributed by atoms with Gasteiger partial charge < -0.3 is 9.47 Å². The van der Waals surface area contributed by atoms with Crippen LogP contribution < -0.4 is 24.5 Å². The lowest BCUT2D eigenvalue weighted by Crippen LogP contribution is -2.41. The highest BCUT2D eigenvalue weighted by Gasteiger charge is 2.38. The number of para-hydroxylation sites is 1. The first-order valence-corrected chi connectivity index (χ1v) is 12.9. The van der Waals surface area contributed by atoms with Crippen LogP contribution >= 0.6 is 11.3 Å².